The minimum absolute atomic E-state index is 0.178. The van der Waals surface area contributed by atoms with Crippen LogP contribution in [0.15, 0.2) is 84.9 Å². The molecule has 0 fully saturated rings. The monoisotopic (exact) mass is 400 g/mol. The van der Waals surface area contributed by atoms with Gasteiger partial charge in [-0.2, -0.15) is 5.26 Å². The lowest BCUT2D eigenvalue weighted by Crippen LogP contribution is -2.36. The van der Waals surface area contributed by atoms with Crippen LogP contribution in [0.1, 0.15) is 23.1 Å². The maximum Gasteiger partial charge on any atom is 0.307 e. The molecule has 3 rings (SSSR count). The van der Waals surface area contributed by atoms with Crippen LogP contribution in [-0.4, -0.2) is 18.6 Å². The second-order valence-corrected chi connectivity index (χ2v) is 6.86. The number of rotatable bonds is 10. The second kappa shape index (κ2) is 11.4. The predicted octanol–water partition coefficient (Wildman–Crippen LogP) is 4.23. The number of hydrogen-bond donors (Lipinski definition) is 1. The van der Waals surface area contributed by atoms with Gasteiger partial charge in [0.05, 0.1) is 24.1 Å². The van der Waals surface area contributed by atoms with E-state index in [4.69, 9.17) is 14.7 Å². The van der Waals surface area contributed by atoms with Crippen molar-refractivity contribution in [2.24, 2.45) is 0 Å². The van der Waals surface area contributed by atoms with E-state index in [1.165, 1.54) is 0 Å². The lowest BCUT2D eigenvalue weighted by Gasteiger charge is -2.19. The Balaban J connectivity index is 1.57. The fraction of sp³-hybridized carbons (Fsp3) is 0.200. The number of nitrogens with one attached hydrogen (secondary N) is 1. The lowest BCUT2D eigenvalue weighted by atomic mass is 10.1. The van der Waals surface area contributed by atoms with E-state index in [0.29, 0.717) is 17.9 Å². The zero-order valence-corrected chi connectivity index (χ0v) is 16.7. The normalized spacial score (nSPS) is 11.3. The molecule has 0 aliphatic carbocycles. The minimum Gasteiger partial charge on any atom is -0.492 e. The molecule has 0 heterocycles. The molecule has 152 valence electrons. The number of hydrogen-bond acceptors (Lipinski definition) is 5. The zero-order chi connectivity index (χ0) is 21.0. The van der Waals surface area contributed by atoms with Gasteiger partial charge in [-0.15, -0.1) is 0 Å². The highest BCUT2D eigenvalue weighted by atomic mass is 16.5. The van der Waals surface area contributed by atoms with Crippen LogP contribution in [0.5, 0.6) is 5.75 Å². The predicted molar refractivity (Wildman–Crippen MR) is 115 cm³/mol. The molecular formula is C25H24N2O3. The summed E-state index contributed by atoms with van der Waals surface area (Å²) in [5.74, 6) is 0.303. The van der Waals surface area contributed by atoms with Gasteiger partial charge < -0.3 is 14.8 Å². The van der Waals surface area contributed by atoms with Crippen molar-refractivity contribution in [3.8, 4) is 11.8 Å². The maximum atomic E-state index is 12.4. The molecule has 0 saturated carbocycles. The highest BCUT2D eigenvalue weighted by Gasteiger charge is 2.16. The standard InChI is InChI=1S/C25H24N2O3/c26-16-22-12-7-13-24(14-22)29-19-23(27-17-20-8-3-1-4-9-20)15-25(28)30-18-21-10-5-2-6-11-21/h1-14,23,27H,15,17-19H2/t23-/m1/s1. The van der Waals surface area contributed by atoms with Crippen molar-refractivity contribution in [1.29, 1.82) is 5.26 Å². The SMILES string of the molecule is N#Cc1cccc(OC[C@@H](CC(=O)OCc2ccccc2)NCc2ccccc2)c1. The Bertz CT molecular complexity index is 968. The number of esters is 1. The van der Waals surface area contributed by atoms with Crippen molar-refractivity contribution in [3.05, 3.63) is 102 Å². The number of nitrogens with zero attached hydrogens (tertiary/aromatic N) is 1. The van der Waals surface area contributed by atoms with E-state index in [0.717, 1.165) is 11.1 Å². The Labute approximate surface area is 176 Å². The van der Waals surface area contributed by atoms with E-state index < -0.39 is 0 Å². The van der Waals surface area contributed by atoms with E-state index >= 15 is 0 Å². The van der Waals surface area contributed by atoms with Crippen LogP contribution in [-0.2, 0) is 22.7 Å². The van der Waals surface area contributed by atoms with Gasteiger partial charge in [0.15, 0.2) is 0 Å². The summed E-state index contributed by atoms with van der Waals surface area (Å²) in [6.07, 6.45) is 0.178. The summed E-state index contributed by atoms with van der Waals surface area (Å²) in [4.78, 5) is 12.4. The molecule has 3 aromatic rings. The van der Waals surface area contributed by atoms with Gasteiger partial charge in [0.25, 0.3) is 0 Å². The van der Waals surface area contributed by atoms with Gasteiger partial charge in [-0.3, -0.25) is 4.79 Å². The Morgan fingerprint density at radius 1 is 0.933 bits per heavy atom. The van der Waals surface area contributed by atoms with Crippen LogP contribution in [0.4, 0.5) is 0 Å². The topological polar surface area (TPSA) is 71.3 Å². The molecule has 0 amide bonds. The molecule has 3 aromatic carbocycles. The maximum absolute atomic E-state index is 12.4. The third kappa shape index (κ3) is 7.08. The molecule has 1 atom stereocenters. The van der Waals surface area contributed by atoms with Gasteiger partial charge in [-0.1, -0.05) is 66.7 Å². The van der Waals surface area contributed by atoms with Gasteiger partial charge in [0, 0.05) is 6.54 Å². The van der Waals surface area contributed by atoms with Crippen LogP contribution in [0.3, 0.4) is 0 Å². The molecule has 0 radical (unpaired) electrons. The summed E-state index contributed by atoms with van der Waals surface area (Å²) in [6.45, 7) is 1.14. The molecule has 0 aliphatic rings. The molecule has 0 unspecified atom stereocenters. The minimum atomic E-state index is -0.293. The summed E-state index contributed by atoms with van der Waals surface area (Å²) in [5, 5.41) is 12.4. The molecule has 1 N–H and O–H groups in total. The summed E-state index contributed by atoms with van der Waals surface area (Å²) in [7, 11) is 0. The molecule has 5 nitrogen and oxygen atoms in total. The molecule has 30 heavy (non-hydrogen) atoms. The van der Waals surface area contributed by atoms with Gasteiger partial charge in [-0.25, -0.2) is 0 Å². The first kappa shape index (κ1) is 21.1. The first-order chi connectivity index (χ1) is 14.7. The quantitative estimate of drug-likeness (QED) is 0.516. The van der Waals surface area contributed by atoms with Gasteiger partial charge >= 0.3 is 5.97 Å². The molecule has 5 heteroatoms. The van der Waals surface area contributed by atoms with Crippen LogP contribution >= 0.6 is 0 Å². The zero-order valence-electron chi connectivity index (χ0n) is 16.7. The number of carbonyl (C=O) groups excluding carboxylic acids is 1. The van der Waals surface area contributed by atoms with Crippen LogP contribution in [0.2, 0.25) is 0 Å². The Kier molecular flexibility index (Phi) is 8.02. The molecule has 0 bridgehead atoms. The lowest BCUT2D eigenvalue weighted by molar-refractivity contribution is -0.145. The first-order valence-electron chi connectivity index (χ1n) is 9.83. The largest absolute Gasteiger partial charge is 0.492 e. The van der Waals surface area contributed by atoms with Crippen molar-refractivity contribution in [3.63, 3.8) is 0 Å². The van der Waals surface area contributed by atoms with Gasteiger partial charge in [0.1, 0.15) is 19.0 Å². The van der Waals surface area contributed by atoms with Crippen LogP contribution < -0.4 is 10.1 Å². The average molecular weight is 400 g/mol. The average Bonchev–Trinajstić information content (AvgIpc) is 2.81. The van der Waals surface area contributed by atoms with E-state index in [2.05, 4.69) is 11.4 Å². The molecule has 0 aromatic heterocycles. The van der Waals surface area contributed by atoms with Crippen molar-refractivity contribution in [1.82, 2.24) is 5.32 Å². The Morgan fingerprint density at radius 2 is 1.63 bits per heavy atom. The molecular weight excluding hydrogens is 376 g/mol. The number of benzene rings is 3. The van der Waals surface area contributed by atoms with Gasteiger partial charge in [0.2, 0.25) is 0 Å². The fourth-order valence-electron chi connectivity index (χ4n) is 2.90. The van der Waals surface area contributed by atoms with Crippen LogP contribution in [0.25, 0.3) is 0 Å². The van der Waals surface area contributed by atoms with Crippen molar-refractivity contribution in [2.75, 3.05) is 6.61 Å². The molecule has 0 spiro atoms. The number of ether oxygens (including phenoxy) is 2. The summed E-state index contributed by atoms with van der Waals surface area (Å²) in [6, 6.07) is 28.4. The fourth-order valence-corrected chi connectivity index (χ4v) is 2.90. The number of carbonyl (C=O) groups is 1. The Morgan fingerprint density at radius 3 is 2.33 bits per heavy atom. The third-order valence-corrected chi connectivity index (χ3v) is 4.51. The second-order valence-electron chi connectivity index (χ2n) is 6.86. The van der Waals surface area contributed by atoms with Crippen molar-refractivity contribution >= 4 is 5.97 Å². The van der Waals surface area contributed by atoms with Crippen molar-refractivity contribution in [2.45, 2.75) is 25.6 Å². The summed E-state index contributed by atoms with van der Waals surface area (Å²) >= 11 is 0. The van der Waals surface area contributed by atoms with E-state index in [1.54, 1.807) is 24.3 Å². The van der Waals surface area contributed by atoms with E-state index in [9.17, 15) is 4.79 Å². The van der Waals surface area contributed by atoms with E-state index in [-0.39, 0.29) is 31.6 Å². The highest BCUT2D eigenvalue weighted by molar-refractivity contribution is 5.70. The molecule has 0 aliphatic heterocycles. The van der Waals surface area contributed by atoms with Crippen molar-refractivity contribution < 1.29 is 14.3 Å². The smallest absolute Gasteiger partial charge is 0.307 e. The molecule has 0 saturated heterocycles. The third-order valence-electron chi connectivity index (χ3n) is 4.51. The van der Waals surface area contributed by atoms with E-state index in [1.807, 2.05) is 60.7 Å². The highest BCUT2D eigenvalue weighted by Crippen LogP contribution is 2.14. The Hall–Kier alpha value is -3.62. The summed E-state index contributed by atoms with van der Waals surface area (Å²) in [5.41, 5.74) is 2.60. The van der Waals surface area contributed by atoms with Crippen LogP contribution in [0, 0.1) is 11.3 Å². The first-order valence-corrected chi connectivity index (χ1v) is 9.83. The van der Waals surface area contributed by atoms with Gasteiger partial charge in [-0.05, 0) is 29.3 Å². The summed E-state index contributed by atoms with van der Waals surface area (Å²) < 4.78 is 11.3. The number of nitriles is 1.